The predicted molar refractivity (Wildman–Crippen MR) is 63.6 cm³/mol. The van der Waals surface area contributed by atoms with Gasteiger partial charge in [-0.2, -0.15) is 0 Å². The van der Waals surface area contributed by atoms with Crippen molar-refractivity contribution in [2.24, 2.45) is 0 Å². The lowest BCUT2D eigenvalue weighted by Crippen LogP contribution is -2.04. The highest BCUT2D eigenvalue weighted by atomic mass is 16.5. The average Bonchev–Trinajstić information content (AvgIpc) is 2.85. The van der Waals surface area contributed by atoms with Crippen molar-refractivity contribution >= 4 is 5.97 Å². The van der Waals surface area contributed by atoms with E-state index >= 15 is 0 Å². The van der Waals surface area contributed by atoms with E-state index in [-0.39, 0.29) is 18.1 Å². The molecule has 2 rings (SSSR count). The van der Waals surface area contributed by atoms with E-state index in [2.05, 4.69) is 11.9 Å². The third kappa shape index (κ3) is 2.68. The van der Waals surface area contributed by atoms with Gasteiger partial charge in [0.25, 0.3) is 0 Å². The third-order valence-corrected chi connectivity index (χ3v) is 2.52. The summed E-state index contributed by atoms with van der Waals surface area (Å²) in [5.41, 5.74) is 1.05. The number of benzene rings is 1. The fraction of sp³-hybridized carbons (Fsp3) is 0.231. The van der Waals surface area contributed by atoms with E-state index < -0.39 is 5.97 Å². The number of hydrogen-bond acceptors (Lipinski definition) is 4. The van der Waals surface area contributed by atoms with Crippen LogP contribution in [0.3, 0.4) is 0 Å². The van der Waals surface area contributed by atoms with Gasteiger partial charge in [-0.3, -0.25) is 0 Å². The van der Waals surface area contributed by atoms with Crippen molar-refractivity contribution in [3.8, 4) is 5.75 Å². The molecule has 94 valence electrons. The van der Waals surface area contributed by atoms with Crippen LogP contribution in [-0.2, 0) is 13.0 Å². The topological polar surface area (TPSA) is 72.6 Å². The Morgan fingerprint density at radius 1 is 1.50 bits per heavy atom. The first-order chi connectivity index (χ1) is 8.70. The number of nitrogens with zero attached hydrogens (tertiary/aromatic N) is 1. The van der Waals surface area contributed by atoms with Crippen LogP contribution >= 0.6 is 0 Å². The number of rotatable bonds is 5. The average molecular weight is 247 g/mol. The molecule has 0 aliphatic heterocycles. The summed E-state index contributed by atoms with van der Waals surface area (Å²) in [6.45, 7) is 2.10. The maximum atomic E-state index is 10.8. The molecule has 5 nitrogen and oxygen atoms in total. The Hall–Kier alpha value is -2.30. The lowest BCUT2D eigenvalue weighted by atomic mass is 10.2. The Bertz CT molecular complexity index is 547. The maximum Gasteiger partial charge on any atom is 0.358 e. The standard InChI is InChI=1S/C13H13NO4/c1-2-9-4-3-5-10(6-9)17-7-11-12(13(15)16)14-8-18-11/h3-6,8H,2,7H2,1H3,(H,15,16). The van der Waals surface area contributed by atoms with Crippen LogP contribution in [0.4, 0.5) is 0 Å². The van der Waals surface area contributed by atoms with Crippen molar-refractivity contribution in [3.05, 3.63) is 47.7 Å². The van der Waals surface area contributed by atoms with Crippen molar-refractivity contribution in [2.45, 2.75) is 20.0 Å². The Morgan fingerprint density at radius 3 is 3.06 bits per heavy atom. The molecule has 2 aromatic rings. The highest BCUT2D eigenvalue weighted by Gasteiger charge is 2.15. The van der Waals surface area contributed by atoms with Crippen LogP contribution in [0.25, 0.3) is 0 Å². The molecular formula is C13H13NO4. The van der Waals surface area contributed by atoms with Gasteiger partial charge in [0.1, 0.15) is 12.4 Å². The van der Waals surface area contributed by atoms with E-state index in [1.165, 1.54) is 0 Å². The number of aryl methyl sites for hydroxylation is 1. The number of hydrogen-bond donors (Lipinski definition) is 1. The van der Waals surface area contributed by atoms with Crippen LogP contribution in [0.15, 0.2) is 35.1 Å². The van der Waals surface area contributed by atoms with Gasteiger partial charge in [-0.15, -0.1) is 0 Å². The van der Waals surface area contributed by atoms with Gasteiger partial charge in [0, 0.05) is 0 Å². The first-order valence-electron chi connectivity index (χ1n) is 5.58. The number of carboxylic acids is 1. The highest BCUT2D eigenvalue weighted by Crippen LogP contribution is 2.16. The van der Waals surface area contributed by atoms with Crippen LogP contribution in [-0.4, -0.2) is 16.1 Å². The van der Waals surface area contributed by atoms with E-state index in [4.69, 9.17) is 14.3 Å². The normalized spacial score (nSPS) is 10.3. The molecule has 0 aliphatic carbocycles. The summed E-state index contributed by atoms with van der Waals surface area (Å²) < 4.78 is 10.5. The van der Waals surface area contributed by atoms with Crippen molar-refractivity contribution in [1.29, 1.82) is 0 Å². The summed E-state index contributed by atoms with van der Waals surface area (Å²) in [5, 5.41) is 8.86. The van der Waals surface area contributed by atoms with E-state index in [9.17, 15) is 4.79 Å². The molecular weight excluding hydrogens is 234 g/mol. The molecule has 0 radical (unpaired) electrons. The van der Waals surface area contributed by atoms with Gasteiger partial charge in [-0.25, -0.2) is 9.78 Å². The molecule has 1 aromatic carbocycles. The Labute approximate surface area is 104 Å². The molecule has 0 bridgehead atoms. The van der Waals surface area contributed by atoms with E-state index in [0.29, 0.717) is 5.75 Å². The first-order valence-corrected chi connectivity index (χ1v) is 5.58. The zero-order chi connectivity index (χ0) is 13.0. The number of carboxylic acid groups (broad SMARTS) is 1. The van der Waals surface area contributed by atoms with Crippen LogP contribution in [0.2, 0.25) is 0 Å². The summed E-state index contributed by atoms with van der Waals surface area (Å²) in [4.78, 5) is 14.4. The largest absolute Gasteiger partial charge is 0.486 e. The zero-order valence-corrected chi connectivity index (χ0v) is 9.92. The number of aromatic nitrogens is 1. The molecule has 0 spiro atoms. The second kappa shape index (κ2) is 5.35. The van der Waals surface area contributed by atoms with Crippen LogP contribution in [0.1, 0.15) is 28.7 Å². The predicted octanol–water partition coefficient (Wildman–Crippen LogP) is 2.51. The molecule has 0 aliphatic rings. The van der Waals surface area contributed by atoms with E-state index in [1.807, 2.05) is 24.3 Å². The fourth-order valence-corrected chi connectivity index (χ4v) is 1.55. The minimum Gasteiger partial charge on any atom is -0.486 e. The van der Waals surface area contributed by atoms with Gasteiger partial charge in [0.2, 0.25) is 0 Å². The molecule has 0 atom stereocenters. The van der Waals surface area contributed by atoms with Gasteiger partial charge in [-0.1, -0.05) is 19.1 Å². The SMILES string of the molecule is CCc1cccc(OCc2ocnc2C(=O)O)c1. The van der Waals surface area contributed by atoms with Crippen molar-refractivity contribution < 1.29 is 19.1 Å². The number of oxazole rings is 1. The molecule has 0 unspecified atom stereocenters. The Morgan fingerprint density at radius 2 is 2.33 bits per heavy atom. The lowest BCUT2D eigenvalue weighted by Gasteiger charge is -2.05. The minimum absolute atomic E-state index is 0.0504. The van der Waals surface area contributed by atoms with Gasteiger partial charge in [-0.05, 0) is 24.1 Å². The summed E-state index contributed by atoms with van der Waals surface area (Å²) in [6, 6.07) is 7.63. The second-order valence-corrected chi connectivity index (χ2v) is 3.72. The van der Waals surface area contributed by atoms with Gasteiger partial charge in [0.05, 0.1) is 0 Å². The lowest BCUT2D eigenvalue weighted by molar-refractivity contribution is 0.0686. The number of carbonyl (C=O) groups is 1. The number of aromatic carboxylic acids is 1. The smallest absolute Gasteiger partial charge is 0.358 e. The fourth-order valence-electron chi connectivity index (χ4n) is 1.55. The van der Waals surface area contributed by atoms with Gasteiger partial charge >= 0.3 is 5.97 Å². The first kappa shape index (κ1) is 12.2. The minimum atomic E-state index is -1.12. The third-order valence-electron chi connectivity index (χ3n) is 2.52. The highest BCUT2D eigenvalue weighted by molar-refractivity contribution is 5.86. The monoisotopic (exact) mass is 247 g/mol. The molecule has 1 heterocycles. The molecule has 18 heavy (non-hydrogen) atoms. The summed E-state index contributed by atoms with van der Waals surface area (Å²) in [5.74, 6) is -0.226. The number of ether oxygens (including phenoxy) is 1. The quantitative estimate of drug-likeness (QED) is 0.878. The van der Waals surface area contributed by atoms with E-state index in [0.717, 1.165) is 18.4 Å². The molecule has 5 heteroatoms. The van der Waals surface area contributed by atoms with Crippen molar-refractivity contribution in [3.63, 3.8) is 0 Å². The summed E-state index contributed by atoms with van der Waals surface area (Å²) in [7, 11) is 0. The van der Waals surface area contributed by atoms with Crippen LogP contribution in [0, 0.1) is 0 Å². The Kier molecular flexibility index (Phi) is 3.62. The summed E-state index contributed by atoms with van der Waals surface area (Å²) >= 11 is 0. The Balaban J connectivity index is 2.06. The van der Waals surface area contributed by atoms with Gasteiger partial charge in [0.15, 0.2) is 17.8 Å². The molecule has 1 aromatic heterocycles. The van der Waals surface area contributed by atoms with Crippen molar-refractivity contribution in [1.82, 2.24) is 4.98 Å². The van der Waals surface area contributed by atoms with Crippen LogP contribution < -0.4 is 4.74 Å². The maximum absolute atomic E-state index is 10.8. The van der Waals surface area contributed by atoms with E-state index in [1.54, 1.807) is 0 Å². The summed E-state index contributed by atoms with van der Waals surface area (Å²) in [6.07, 6.45) is 2.02. The molecule has 1 N–H and O–H groups in total. The zero-order valence-electron chi connectivity index (χ0n) is 9.92. The van der Waals surface area contributed by atoms with Crippen LogP contribution in [0.5, 0.6) is 5.75 Å². The molecule has 0 fully saturated rings. The molecule has 0 amide bonds. The molecule has 0 saturated heterocycles. The van der Waals surface area contributed by atoms with Crippen molar-refractivity contribution in [2.75, 3.05) is 0 Å². The molecule has 0 saturated carbocycles. The van der Waals surface area contributed by atoms with Gasteiger partial charge < -0.3 is 14.3 Å². The second-order valence-electron chi connectivity index (χ2n) is 3.72.